The van der Waals surface area contributed by atoms with Crippen molar-refractivity contribution >= 4 is 27.3 Å². The monoisotopic (exact) mass is 299 g/mol. The van der Waals surface area contributed by atoms with Gasteiger partial charge in [0, 0.05) is 5.69 Å². The van der Waals surface area contributed by atoms with Gasteiger partial charge in [-0.15, -0.1) is 0 Å². The Hall–Kier alpha value is -1.70. The molecule has 6 nitrogen and oxygen atoms in total. The number of sulfonamides is 1. The molecule has 1 aromatic heterocycles. The number of hydrogen-bond acceptors (Lipinski definition) is 5. The highest BCUT2D eigenvalue weighted by Gasteiger charge is 2.15. The summed E-state index contributed by atoms with van der Waals surface area (Å²) < 4.78 is 26.3. The second-order valence-electron chi connectivity index (χ2n) is 3.65. The van der Waals surface area contributed by atoms with Gasteiger partial charge in [-0.05, 0) is 29.3 Å². The average Bonchev–Trinajstić information content (AvgIpc) is 2.40. The van der Waals surface area contributed by atoms with Gasteiger partial charge in [0.05, 0.1) is 19.0 Å². The smallest absolute Gasteiger partial charge is 0.264 e. The molecule has 0 radical (unpaired) electrons. The fraction of sp³-hybridized carbons (Fsp3) is 0.0909. The van der Waals surface area contributed by atoms with Crippen molar-refractivity contribution in [3.05, 3.63) is 47.5 Å². The maximum atomic E-state index is 12.0. The van der Waals surface area contributed by atoms with E-state index in [9.17, 15) is 8.42 Å². The average molecular weight is 300 g/mol. The van der Waals surface area contributed by atoms with Crippen LogP contribution in [0, 0.1) is 0 Å². The Morgan fingerprint density at radius 1 is 1.16 bits per heavy atom. The number of nitrogens with zero attached hydrogens (tertiary/aromatic N) is 2. The van der Waals surface area contributed by atoms with Crippen LogP contribution in [0.15, 0.2) is 41.6 Å². The number of rotatable bonds is 4. The number of aromatic nitrogens is 2. The van der Waals surface area contributed by atoms with Gasteiger partial charge >= 0.3 is 0 Å². The molecule has 0 spiro atoms. The molecule has 0 saturated carbocycles. The largest absolute Gasteiger partial charge is 0.392 e. The maximum absolute atomic E-state index is 12.0. The fourth-order valence-corrected chi connectivity index (χ4v) is 2.38. The van der Waals surface area contributed by atoms with E-state index in [4.69, 9.17) is 16.7 Å². The van der Waals surface area contributed by atoms with Gasteiger partial charge in [-0.25, -0.2) is 18.4 Å². The zero-order valence-electron chi connectivity index (χ0n) is 9.62. The van der Waals surface area contributed by atoms with E-state index in [1.807, 2.05) is 0 Å². The summed E-state index contributed by atoms with van der Waals surface area (Å²) in [4.78, 5) is 7.15. The molecular weight excluding hydrogens is 290 g/mol. The Bertz CT molecular complexity index is 657. The van der Waals surface area contributed by atoms with Crippen LogP contribution in [0.2, 0.25) is 5.28 Å². The molecule has 1 aromatic carbocycles. The zero-order valence-corrected chi connectivity index (χ0v) is 11.2. The van der Waals surface area contributed by atoms with Crippen molar-refractivity contribution in [2.75, 3.05) is 4.72 Å². The van der Waals surface area contributed by atoms with Crippen molar-refractivity contribution < 1.29 is 13.5 Å². The predicted molar refractivity (Wildman–Crippen MR) is 70.2 cm³/mol. The van der Waals surface area contributed by atoms with Gasteiger partial charge in [0.1, 0.15) is 4.90 Å². The highest BCUT2D eigenvalue weighted by atomic mass is 35.5. The first-order valence-corrected chi connectivity index (χ1v) is 7.07. The van der Waals surface area contributed by atoms with Gasteiger partial charge < -0.3 is 5.11 Å². The van der Waals surface area contributed by atoms with Gasteiger partial charge in [0.15, 0.2) is 0 Å². The van der Waals surface area contributed by atoms with E-state index in [1.54, 1.807) is 24.3 Å². The predicted octanol–water partition coefficient (Wildman–Crippen LogP) is 1.42. The lowest BCUT2D eigenvalue weighted by Gasteiger charge is -2.07. The van der Waals surface area contributed by atoms with E-state index in [1.165, 1.54) is 0 Å². The van der Waals surface area contributed by atoms with Crippen LogP contribution in [0.1, 0.15) is 5.56 Å². The number of nitrogens with one attached hydrogen (secondary N) is 1. The van der Waals surface area contributed by atoms with Crippen LogP contribution in [0.5, 0.6) is 0 Å². The molecule has 0 aliphatic rings. The minimum atomic E-state index is -3.75. The van der Waals surface area contributed by atoms with Crippen molar-refractivity contribution in [1.82, 2.24) is 9.97 Å². The summed E-state index contributed by atoms with van der Waals surface area (Å²) in [7, 11) is -3.75. The third-order valence-corrected chi connectivity index (χ3v) is 3.83. The lowest BCUT2D eigenvalue weighted by Crippen LogP contribution is -2.13. The van der Waals surface area contributed by atoms with E-state index in [0.717, 1.165) is 12.4 Å². The van der Waals surface area contributed by atoms with Crippen molar-refractivity contribution in [2.24, 2.45) is 0 Å². The quantitative estimate of drug-likeness (QED) is 0.833. The third-order valence-electron chi connectivity index (χ3n) is 2.30. The molecule has 0 atom stereocenters. The van der Waals surface area contributed by atoms with Crippen LogP contribution in [-0.4, -0.2) is 23.5 Å². The molecule has 0 aliphatic carbocycles. The number of hydrogen-bond donors (Lipinski definition) is 2. The van der Waals surface area contributed by atoms with Crippen LogP contribution in [0.4, 0.5) is 5.69 Å². The molecule has 0 amide bonds. The van der Waals surface area contributed by atoms with E-state index < -0.39 is 10.0 Å². The Morgan fingerprint density at radius 2 is 1.74 bits per heavy atom. The maximum Gasteiger partial charge on any atom is 0.264 e. The molecule has 19 heavy (non-hydrogen) atoms. The molecule has 0 saturated heterocycles. The first-order chi connectivity index (χ1) is 9.01. The molecule has 2 aromatic rings. The minimum absolute atomic E-state index is 0.0220. The minimum Gasteiger partial charge on any atom is -0.392 e. The van der Waals surface area contributed by atoms with Crippen LogP contribution in [0.25, 0.3) is 0 Å². The second kappa shape index (κ2) is 5.52. The summed E-state index contributed by atoms with van der Waals surface area (Å²) in [6.07, 6.45) is 2.25. The standard InChI is InChI=1S/C11H10ClN3O3S/c12-11-13-5-10(6-14-11)19(17,18)15-9-3-1-8(7-16)2-4-9/h1-6,15-16H,7H2. The number of aliphatic hydroxyl groups is 1. The van der Waals surface area contributed by atoms with E-state index >= 15 is 0 Å². The van der Waals surface area contributed by atoms with E-state index in [0.29, 0.717) is 11.3 Å². The van der Waals surface area contributed by atoms with Gasteiger partial charge in [-0.1, -0.05) is 12.1 Å². The molecule has 0 bridgehead atoms. The second-order valence-corrected chi connectivity index (χ2v) is 5.67. The topological polar surface area (TPSA) is 92.2 Å². The van der Waals surface area contributed by atoms with Crippen LogP contribution < -0.4 is 4.72 Å². The van der Waals surface area contributed by atoms with E-state index in [2.05, 4.69) is 14.7 Å². The Kier molecular flexibility index (Phi) is 3.98. The van der Waals surface area contributed by atoms with Crippen LogP contribution >= 0.6 is 11.6 Å². The SMILES string of the molecule is O=S(=O)(Nc1ccc(CO)cc1)c1cnc(Cl)nc1. The van der Waals surface area contributed by atoms with Crippen LogP contribution in [0.3, 0.4) is 0 Å². The molecule has 0 aliphatic heterocycles. The molecule has 2 N–H and O–H groups in total. The third kappa shape index (κ3) is 3.40. The summed E-state index contributed by atoms with van der Waals surface area (Å²) >= 11 is 5.49. The van der Waals surface area contributed by atoms with E-state index in [-0.39, 0.29) is 16.8 Å². The highest BCUT2D eigenvalue weighted by Crippen LogP contribution is 2.16. The molecular formula is C11H10ClN3O3S. The first-order valence-electron chi connectivity index (χ1n) is 5.21. The van der Waals surface area contributed by atoms with Crippen molar-refractivity contribution in [3.8, 4) is 0 Å². The lowest BCUT2D eigenvalue weighted by molar-refractivity contribution is 0.282. The molecule has 8 heteroatoms. The Labute approximate surface area is 115 Å². The fourth-order valence-electron chi connectivity index (χ4n) is 1.33. The number of aliphatic hydroxyl groups excluding tert-OH is 1. The van der Waals surface area contributed by atoms with Crippen molar-refractivity contribution in [1.29, 1.82) is 0 Å². The van der Waals surface area contributed by atoms with Gasteiger partial charge in [-0.2, -0.15) is 0 Å². The Morgan fingerprint density at radius 3 is 2.26 bits per heavy atom. The molecule has 100 valence electrons. The summed E-state index contributed by atoms with van der Waals surface area (Å²) in [6, 6.07) is 6.35. The van der Waals surface area contributed by atoms with Crippen LogP contribution in [-0.2, 0) is 16.6 Å². The number of benzene rings is 1. The van der Waals surface area contributed by atoms with Gasteiger partial charge in [-0.3, -0.25) is 4.72 Å². The highest BCUT2D eigenvalue weighted by molar-refractivity contribution is 7.92. The summed E-state index contributed by atoms with van der Waals surface area (Å²) in [5, 5.41) is 8.88. The Balaban J connectivity index is 2.23. The normalized spacial score (nSPS) is 11.3. The number of halogens is 1. The summed E-state index contributed by atoms with van der Waals surface area (Å²) in [5.74, 6) is 0. The van der Waals surface area contributed by atoms with Crippen molar-refractivity contribution in [2.45, 2.75) is 11.5 Å². The van der Waals surface area contributed by atoms with Gasteiger partial charge in [0.2, 0.25) is 5.28 Å². The first kappa shape index (κ1) is 13.7. The summed E-state index contributed by atoms with van der Waals surface area (Å²) in [5.41, 5.74) is 1.07. The molecule has 2 rings (SSSR count). The molecule has 0 fully saturated rings. The van der Waals surface area contributed by atoms with Gasteiger partial charge in [0.25, 0.3) is 10.0 Å². The summed E-state index contributed by atoms with van der Waals surface area (Å²) in [6.45, 7) is -0.0992. The molecule has 0 unspecified atom stereocenters. The zero-order chi connectivity index (χ0) is 13.9. The molecule has 1 heterocycles. The van der Waals surface area contributed by atoms with Crippen molar-refractivity contribution in [3.63, 3.8) is 0 Å². The number of anilines is 1. The lowest BCUT2D eigenvalue weighted by atomic mass is 10.2.